The third kappa shape index (κ3) is 13.7. The summed E-state index contributed by atoms with van der Waals surface area (Å²) in [4.78, 5) is 1.39. The van der Waals surface area contributed by atoms with Gasteiger partial charge < -0.3 is 10.2 Å². The third-order valence-corrected chi connectivity index (χ3v) is 5.03. The van der Waals surface area contributed by atoms with Gasteiger partial charge in [0.2, 0.25) is 0 Å². The Labute approximate surface area is 208 Å². The summed E-state index contributed by atoms with van der Waals surface area (Å²) in [5.41, 5.74) is 0. The minimum absolute atomic E-state index is 0. The molecule has 7 heteroatoms. The fraction of sp³-hybridized carbons (Fsp3) is 0. The van der Waals surface area contributed by atoms with Crippen LogP contribution in [0.15, 0.2) is 119 Å². The topological polar surface area (TPSA) is 40.5 Å². The SMILES string of the molecule is Oc1ccccc1SCl.Oc1ccccc1SCl.[Zr+2].c1cc[cH-]c1.c1cc[cH-]c1. The summed E-state index contributed by atoms with van der Waals surface area (Å²) in [7, 11) is 12.8. The van der Waals surface area contributed by atoms with E-state index in [2.05, 4.69) is 0 Å². The second-order valence-corrected chi connectivity index (χ2v) is 7.13. The Morgan fingerprint density at radius 3 is 1.03 bits per heavy atom. The fourth-order valence-electron chi connectivity index (χ4n) is 1.69. The Morgan fingerprint density at radius 1 is 0.552 bits per heavy atom. The van der Waals surface area contributed by atoms with Crippen LogP contribution in [-0.2, 0) is 26.2 Å². The van der Waals surface area contributed by atoms with Crippen LogP contribution >= 0.6 is 43.3 Å². The smallest absolute Gasteiger partial charge is 0.507 e. The van der Waals surface area contributed by atoms with Gasteiger partial charge in [0.25, 0.3) is 0 Å². The number of phenols is 2. The molecule has 0 heterocycles. The zero-order valence-electron chi connectivity index (χ0n) is 15.4. The first-order valence-electron chi connectivity index (χ1n) is 8.15. The molecule has 0 spiro atoms. The molecule has 0 aliphatic carbocycles. The first-order valence-corrected chi connectivity index (χ1v) is 11.4. The van der Waals surface area contributed by atoms with Gasteiger partial charge in [-0.05, 0) is 67.6 Å². The summed E-state index contributed by atoms with van der Waals surface area (Å²) in [5, 5.41) is 18.0. The summed E-state index contributed by atoms with van der Waals surface area (Å²) < 4.78 is 0. The largest absolute Gasteiger partial charge is 2.00 e. The second kappa shape index (κ2) is 18.9. The monoisotopic (exact) mass is 540 g/mol. The minimum Gasteiger partial charge on any atom is -0.507 e. The van der Waals surface area contributed by atoms with Gasteiger partial charge in [-0.2, -0.15) is 36.4 Å². The minimum atomic E-state index is 0. The molecule has 0 saturated carbocycles. The number of phenolic OH excluding ortho intramolecular Hbond substituents is 2. The van der Waals surface area contributed by atoms with Gasteiger partial charge in [0.1, 0.15) is 11.5 Å². The quantitative estimate of drug-likeness (QED) is 0.251. The van der Waals surface area contributed by atoms with E-state index in [-0.39, 0.29) is 37.7 Å². The van der Waals surface area contributed by atoms with Crippen molar-refractivity contribution >= 4 is 43.3 Å². The first-order chi connectivity index (χ1) is 13.7. The second-order valence-electron chi connectivity index (χ2n) is 5.01. The number of benzene rings is 2. The maximum Gasteiger partial charge on any atom is 2.00 e. The normalized spacial score (nSPS) is 8.62. The predicted octanol–water partition coefficient (Wildman–Crippen LogP) is 8.08. The van der Waals surface area contributed by atoms with Gasteiger partial charge >= 0.3 is 26.2 Å². The number of para-hydroxylation sites is 2. The van der Waals surface area contributed by atoms with E-state index in [1.54, 1.807) is 36.4 Å². The predicted molar refractivity (Wildman–Crippen MR) is 124 cm³/mol. The summed E-state index contributed by atoms with van der Waals surface area (Å²) >= 11 is 0. The van der Waals surface area contributed by atoms with Crippen molar-refractivity contribution in [1.82, 2.24) is 0 Å². The van der Waals surface area contributed by atoms with E-state index in [9.17, 15) is 0 Å². The van der Waals surface area contributed by atoms with Crippen LogP contribution in [0.25, 0.3) is 0 Å². The van der Waals surface area contributed by atoms with E-state index in [4.69, 9.17) is 31.6 Å². The van der Waals surface area contributed by atoms with Crippen LogP contribution in [0.2, 0.25) is 0 Å². The number of aromatic hydroxyl groups is 2. The van der Waals surface area contributed by atoms with Gasteiger partial charge in [-0.25, -0.2) is 24.3 Å². The molecule has 2 nitrogen and oxygen atoms in total. The molecule has 0 amide bonds. The average Bonchev–Trinajstić information content (AvgIpc) is 3.48. The van der Waals surface area contributed by atoms with Crippen molar-refractivity contribution in [3.05, 3.63) is 109 Å². The van der Waals surface area contributed by atoms with E-state index in [1.165, 1.54) is 0 Å². The molecule has 4 rings (SSSR count). The van der Waals surface area contributed by atoms with Gasteiger partial charge in [0.05, 0.1) is 9.79 Å². The average molecular weight is 543 g/mol. The molecule has 0 unspecified atom stereocenters. The molecule has 0 aliphatic heterocycles. The molecule has 0 fully saturated rings. The molecule has 150 valence electrons. The van der Waals surface area contributed by atoms with Crippen LogP contribution in [0.4, 0.5) is 0 Å². The number of rotatable bonds is 2. The van der Waals surface area contributed by atoms with Crippen LogP contribution in [0.1, 0.15) is 0 Å². The zero-order valence-corrected chi connectivity index (χ0v) is 21.0. The Bertz CT molecular complexity index is 735. The van der Waals surface area contributed by atoms with Crippen LogP contribution in [0, 0.1) is 0 Å². The fourth-order valence-corrected chi connectivity index (χ4v) is 3.02. The zero-order chi connectivity index (χ0) is 20.5. The molecule has 4 aromatic carbocycles. The van der Waals surface area contributed by atoms with Crippen molar-refractivity contribution in [2.45, 2.75) is 9.79 Å². The van der Waals surface area contributed by atoms with Crippen molar-refractivity contribution in [3.8, 4) is 11.5 Å². The van der Waals surface area contributed by atoms with Gasteiger partial charge in [0.15, 0.2) is 0 Å². The Kier molecular flexibility index (Phi) is 18.2. The molecular formula is C22H20Cl2O2S2Zr. The Hall–Kier alpha value is -1.10. The summed E-state index contributed by atoms with van der Waals surface area (Å²) in [5.74, 6) is 0.468. The van der Waals surface area contributed by atoms with Crippen molar-refractivity contribution < 1.29 is 36.4 Å². The van der Waals surface area contributed by atoms with Crippen LogP contribution in [-0.4, -0.2) is 10.2 Å². The van der Waals surface area contributed by atoms with Crippen LogP contribution in [0.3, 0.4) is 0 Å². The molecule has 0 bridgehead atoms. The molecule has 29 heavy (non-hydrogen) atoms. The maximum atomic E-state index is 9.01. The van der Waals surface area contributed by atoms with Crippen LogP contribution < -0.4 is 0 Å². The van der Waals surface area contributed by atoms with Crippen molar-refractivity contribution in [3.63, 3.8) is 0 Å². The number of hydrogen-bond donors (Lipinski definition) is 2. The molecule has 0 radical (unpaired) electrons. The first kappa shape index (κ1) is 27.9. The van der Waals surface area contributed by atoms with E-state index < -0.39 is 0 Å². The maximum absolute atomic E-state index is 9.01. The molecular weight excluding hydrogens is 523 g/mol. The standard InChI is InChI=1S/2C6H5ClOS.2C5H5.Zr/c2*7-9-6-4-2-1-3-5(6)8;2*1-2-4-5-3-1;/h2*1-4,8H;2*1-5H;/q;;2*-1;+2. The van der Waals surface area contributed by atoms with Gasteiger partial charge in [-0.3, -0.25) is 0 Å². The number of halogens is 2. The van der Waals surface area contributed by atoms with Crippen molar-refractivity contribution in [2.24, 2.45) is 0 Å². The van der Waals surface area contributed by atoms with Gasteiger partial charge in [0, 0.05) is 0 Å². The molecule has 0 atom stereocenters. The third-order valence-electron chi connectivity index (χ3n) is 3.01. The van der Waals surface area contributed by atoms with E-state index in [0.717, 1.165) is 22.0 Å². The number of hydrogen-bond acceptors (Lipinski definition) is 4. The summed E-state index contributed by atoms with van der Waals surface area (Å²) in [6, 6.07) is 33.9. The molecule has 0 aliphatic rings. The molecule has 0 aromatic heterocycles. The van der Waals surface area contributed by atoms with E-state index in [1.807, 2.05) is 72.8 Å². The molecule has 2 N–H and O–H groups in total. The summed E-state index contributed by atoms with van der Waals surface area (Å²) in [6.45, 7) is 0. The Balaban J connectivity index is 0.000000369. The van der Waals surface area contributed by atoms with Crippen molar-refractivity contribution in [1.29, 1.82) is 0 Å². The van der Waals surface area contributed by atoms with Gasteiger partial charge in [-0.1, -0.05) is 24.3 Å². The van der Waals surface area contributed by atoms with Crippen molar-refractivity contribution in [2.75, 3.05) is 0 Å². The van der Waals surface area contributed by atoms with Gasteiger partial charge in [-0.15, -0.1) is 0 Å². The molecule has 4 aromatic rings. The summed E-state index contributed by atoms with van der Waals surface area (Å²) in [6.07, 6.45) is 0. The Morgan fingerprint density at radius 2 is 0.862 bits per heavy atom. The molecule has 0 saturated heterocycles. The van der Waals surface area contributed by atoms with Crippen LogP contribution in [0.5, 0.6) is 11.5 Å². The van der Waals surface area contributed by atoms with E-state index >= 15 is 0 Å². The van der Waals surface area contributed by atoms with E-state index in [0.29, 0.717) is 9.79 Å².